The summed E-state index contributed by atoms with van der Waals surface area (Å²) in [5.41, 5.74) is 3.88. The lowest BCUT2D eigenvalue weighted by molar-refractivity contribution is -0.110. The first-order valence-electron chi connectivity index (χ1n) is 8.64. The molecule has 4 rings (SSSR count). The quantitative estimate of drug-likeness (QED) is 0.591. The number of benzene rings is 1. The van der Waals surface area contributed by atoms with Crippen LogP contribution in [-0.4, -0.2) is 11.3 Å². The largest absolute Gasteiger partial charge is 0.321 e. The third-order valence-corrected chi connectivity index (χ3v) is 7.29. The molecule has 0 aromatic heterocycles. The van der Waals surface area contributed by atoms with Gasteiger partial charge in [-0.1, -0.05) is 39.0 Å². The molecule has 25 heavy (non-hydrogen) atoms. The molecular weight excluding hydrogens is 332 g/mol. The molecule has 1 fully saturated rings. The van der Waals surface area contributed by atoms with Crippen molar-refractivity contribution in [3.8, 4) is 6.07 Å². The predicted octanol–water partition coefficient (Wildman–Crippen LogP) is 4.64. The minimum atomic E-state index is -0.555. The molecule has 3 nitrogen and oxygen atoms in total. The summed E-state index contributed by atoms with van der Waals surface area (Å²) in [6.07, 6.45) is 2.52. The van der Waals surface area contributed by atoms with Gasteiger partial charge in [0.05, 0.1) is 17.6 Å². The molecule has 1 heterocycles. The number of fused-ring (bicyclic) bond motifs is 1. The smallest absolute Gasteiger partial charge is 0.256 e. The van der Waals surface area contributed by atoms with Crippen molar-refractivity contribution in [3.63, 3.8) is 0 Å². The van der Waals surface area contributed by atoms with Gasteiger partial charge in [-0.3, -0.25) is 4.79 Å². The van der Waals surface area contributed by atoms with Crippen molar-refractivity contribution in [2.24, 2.45) is 17.3 Å². The zero-order valence-electron chi connectivity index (χ0n) is 14.7. The summed E-state index contributed by atoms with van der Waals surface area (Å²) in [5, 5.41) is 12.8. The molecule has 128 valence electrons. The van der Waals surface area contributed by atoms with Crippen molar-refractivity contribution in [1.29, 1.82) is 5.26 Å². The highest BCUT2D eigenvalue weighted by Crippen LogP contribution is 2.61. The fourth-order valence-electron chi connectivity index (χ4n) is 4.99. The Balaban J connectivity index is 2.10. The Kier molecular flexibility index (Phi) is 3.28. The van der Waals surface area contributed by atoms with Crippen molar-refractivity contribution in [3.05, 3.63) is 47.6 Å². The van der Waals surface area contributed by atoms with Crippen LogP contribution in [0.2, 0.25) is 0 Å². The van der Waals surface area contributed by atoms with Crippen LogP contribution < -0.4 is 5.32 Å². The Morgan fingerprint density at radius 2 is 2.12 bits per heavy atom. The maximum Gasteiger partial charge on any atom is 0.256 e. The van der Waals surface area contributed by atoms with Crippen LogP contribution in [0.4, 0.5) is 5.69 Å². The number of nitrogens with one attached hydrogen (secondary N) is 1. The molecule has 1 N–H and O–H groups in total. The molecule has 0 radical (unpaired) electrons. The average molecular weight is 353 g/mol. The standard InChI is InChI=1S/C21H21ClN2O/c1-5-21(4)13(10-23)16-12(9-15(21)22)20(2,3)11-7-6-8-14-17(11)18(16)19(25)24-14/h5-8,12-13,15H,1,9H2,2-4H3,(H,24,25)/t12-,13-,15-,21-/m1/s1. The van der Waals surface area contributed by atoms with E-state index in [1.54, 1.807) is 6.08 Å². The summed E-state index contributed by atoms with van der Waals surface area (Å²) in [5.74, 6) is -0.488. The van der Waals surface area contributed by atoms with Crippen LogP contribution in [0.15, 0.2) is 36.4 Å². The van der Waals surface area contributed by atoms with Gasteiger partial charge in [-0.05, 0) is 35.0 Å². The number of allylic oxidation sites excluding steroid dienone is 2. The first kappa shape index (κ1) is 16.4. The summed E-state index contributed by atoms with van der Waals surface area (Å²) < 4.78 is 0. The monoisotopic (exact) mass is 352 g/mol. The van der Waals surface area contributed by atoms with Crippen LogP contribution in [0.3, 0.4) is 0 Å². The zero-order valence-corrected chi connectivity index (χ0v) is 15.4. The van der Waals surface area contributed by atoms with Gasteiger partial charge in [0.1, 0.15) is 0 Å². The molecule has 1 aromatic carbocycles. The molecule has 1 aromatic rings. The fourth-order valence-corrected chi connectivity index (χ4v) is 5.38. The number of carbonyl (C=O) groups is 1. The number of hydrogen-bond donors (Lipinski definition) is 1. The lowest BCUT2D eigenvalue weighted by Gasteiger charge is -2.52. The van der Waals surface area contributed by atoms with Crippen LogP contribution in [-0.2, 0) is 10.2 Å². The summed E-state index contributed by atoms with van der Waals surface area (Å²) in [4.78, 5) is 12.8. The number of alkyl halides is 1. The molecule has 1 aliphatic heterocycles. The zero-order chi connectivity index (χ0) is 18.1. The summed E-state index contributed by atoms with van der Waals surface area (Å²) in [7, 11) is 0. The number of amides is 1. The molecule has 4 heteroatoms. The number of hydrogen-bond acceptors (Lipinski definition) is 2. The van der Waals surface area contributed by atoms with E-state index in [2.05, 4.69) is 37.9 Å². The number of halogens is 1. The minimum absolute atomic E-state index is 0.0641. The Morgan fingerprint density at radius 1 is 1.40 bits per heavy atom. The third-order valence-electron chi connectivity index (χ3n) is 6.64. The van der Waals surface area contributed by atoms with Crippen molar-refractivity contribution >= 4 is 28.8 Å². The number of anilines is 1. The van der Waals surface area contributed by atoms with Gasteiger partial charge in [-0.25, -0.2) is 0 Å². The van der Waals surface area contributed by atoms with Crippen molar-refractivity contribution in [2.45, 2.75) is 38.0 Å². The van der Waals surface area contributed by atoms with Gasteiger partial charge in [0.25, 0.3) is 5.91 Å². The van der Waals surface area contributed by atoms with E-state index in [1.807, 2.05) is 19.1 Å². The van der Waals surface area contributed by atoms with Gasteiger partial charge in [0, 0.05) is 22.0 Å². The normalized spacial score (nSPS) is 34.7. The molecule has 0 spiro atoms. The predicted molar refractivity (Wildman–Crippen MR) is 100 cm³/mol. The van der Waals surface area contributed by atoms with E-state index in [0.29, 0.717) is 5.57 Å². The van der Waals surface area contributed by atoms with Crippen LogP contribution in [0.1, 0.15) is 38.3 Å². The lowest BCUT2D eigenvalue weighted by atomic mass is 9.52. The first-order chi connectivity index (χ1) is 11.8. The second-order valence-electron chi connectivity index (χ2n) is 8.12. The molecule has 0 unspecified atom stereocenters. The van der Waals surface area contributed by atoms with E-state index >= 15 is 0 Å². The second-order valence-corrected chi connectivity index (χ2v) is 8.65. The Morgan fingerprint density at radius 3 is 2.76 bits per heavy atom. The van der Waals surface area contributed by atoms with Crippen LogP contribution in [0.25, 0.3) is 5.57 Å². The van der Waals surface area contributed by atoms with E-state index in [0.717, 1.165) is 28.8 Å². The fraction of sp³-hybridized carbons (Fsp3) is 0.429. The summed E-state index contributed by atoms with van der Waals surface area (Å²) in [6, 6.07) is 8.48. The van der Waals surface area contributed by atoms with Crippen molar-refractivity contribution in [1.82, 2.24) is 0 Å². The Hall–Kier alpha value is -2.05. The molecule has 1 saturated carbocycles. The number of nitriles is 1. The highest BCUT2D eigenvalue weighted by atomic mass is 35.5. The summed E-state index contributed by atoms with van der Waals surface area (Å²) >= 11 is 6.77. The third kappa shape index (κ3) is 1.84. The van der Waals surface area contributed by atoms with Crippen molar-refractivity contribution in [2.75, 3.05) is 5.32 Å². The molecule has 2 aliphatic carbocycles. The number of carbonyl (C=O) groups excluding carboxylic acids is 1. The van der Waals surface area contributed by atoms with Gasteiger partial charge in [0.2, 0.25) is 0 Å². The van der Waals surface area contributed by atoms with Crippen LogP contribution >= 0.6 is 11.6 Å². The molecule has 3 aliphatic rings. The molecule has 0 saturated heterocycles. The minimum Gasteiger partial charge on any atom is -0.321 e. The van der Waals surface area contributed by atoms with Gasteiger partial charge < -0.3 is 5.32 Å². The number of rotatable bonds is 1. The summed E-state index contributed by atoms with van der Waals surface area (Å²) in [6.45, 7) is 10.3. The van der Waals surface area contributed by atoms with Crippen LogP contribution in [0.5, 0.6) is 0 Å². The number of nitrogens with zero attached hydrogens (tertiary/aromatic N) is 1. The average Bonchev–Trinajstić information content (AvgIpc) is 2.91. The van der Waals surface area contributed by atoms with E-state index in [9.17, 15) is 10.1 Å². The van der Waals surface area contributed by atoms with E-state index in [4.69, 9.17) is 11.6 Å². The van der Waals surface area contributed by atoms with Gasteiger partial charge in [-0.15, -0.1) is 18.2 Å². The Labute approximate surface area is 153 Å². The van der Waals surface area contributed by atoms with Gasteiger partial charge >= 0.3 is 0 Å². The molecule has 0 bridgehead atoms. The van der Waals surface area contributed by atoms with Crippen molar-refractivity contribution < 1.29 is 4.79 Å². The maximum atomic E-state index is 12.8. The lowest BCUT2D eigenvalue weighted by Crippen LogP contribution is -2.49. The Bertz CT molecular complexity index is 892. The van der Waals surface area contributed by atoms with Gasteiger partial charge in [0.15, 0.2) is 0 Å². The van der Waals surface area contributed by atoms with Gasteiger partial charge in [-0.2, -0.15) is 5.26 Å². The topological polar surface area (TPSA) is 52.9 Å². The molecule has 1 amide bonds. The molecule has 4 atom stereocenters. The highest BCUT2D eigenvalue weighted by molar-refractivity contribution is 6.33. The SMILES string of the molecule is C=C[C@@]1(C)[C@H](Cl)C[C@@H]2C(=C3C(=O)Nc4cccc(c43)C2(C)C)[C@H]1C#N. The van der Waals surface area contributed by atoms with E-state index in [-0.39, 0.29) is 22.6 Å². The first-order valence-corrected chi connectivity index (χ1v) is 9.07. The second kappa shape index (κ2) is 4.99. The molecular formula is C21H21ClN2O. The maximum absolute atomic E-state index is 12.8. The van der Waals surface area contributed by atoms with Crippen LogP contribution in [0, 0.1) is 28.6 Å². The van der Waals surface area contributed by atoms with E-state index in [1.165, 1.54) is 0 Å². The highest BCUT2D eigenvalue weighted by Gasteiger charge is 2.56. The van der Waals surface area contributed by atoms with E-state index < -0.39 is 11.3 Å².